The summed E-state index contributed by atoms with van der Waals surface area (Å²) in [4.78, 5) is 3.54. The number of thiocarbonyl (C=S) groups is 1. The molecule has 0 unspecified atom stereocenters. The first-order chi connectivity index (χ1) is 9.01. The van der Waals surface area contributed by atoms with Gasteiger partial charge in [-0.15, -0.1) is 0 Å². The average Bonchev–Trinajstić information content (AvgIpc) is 2.67. The van der Waals surface area contributed by atoms with Gasteiger partial charge in [-0.05, 0) is 39.2 Å². The maximum absolute atomic E-state index is 5.81. The molecule has 2 heteroatoms. The van der Waals surface area contributed by atoms with E-state index in [9.17, 15) is 0 Å². The number of likely N-dealkylation sites (tertiary alicyclic amines) is 1. The van der Waals surface area contributed by atoms with Crippen LogP contribution in [0.2, 0.25) is 0 Å². The lowest BCUT2D eigenvalue weighted by atomic mass is 9.83. The first-order valence-electron chi connectivity index (χ1n) is 7.38. The Labute approximate surface area is 123 Å². The summed E-state index contributed by atoms with van der Waals surface area (Å²) in [5, 5.41) is 0. The van der Waals surface area contributed by atoms with E-state index in [-0.39, 0.29) is 5.41 Å². The van der Waals surface area contributed by atoms with Gasteiger partial charge in [-0.3, -0.25) is 0 Å². The van der Waals surface area contributed by atoms with Gasteiger partial charge < -0.3 is 4.90 Å². The maximum atomic E-state index is 5.81. The number of hydrogen-bond acceptors (Lipinski definition) is 1. The van der Waals surface area contributed by atoms with E-state index in [1.54, 1.807) is 0 Å². The van der Waals surface area contributed by atoms with E-state index in [4.69, 9.17) is 12.2 Å². The van der Waals surface area contributed by atoms with E-state index in [0.717, 1.165) is 18.1 Å². The van der Waals surface area contributed by atoms with Crippen molar-refractivity contribution in [3.8, 4) is 0 Å². The van der Waals surface area contributed by atoms with Crippen LogP contribution in [0.15, 0.2) is 24.3 Å². The van der Waals surface area contributed by atoms with Crippen molar-refractivity contribution in [2.24, 2.45) is 0 Å². The monoisotopic (exact) mass is 275 g/mol. The van der Waals surface area contributed by atoms with Gasteiger partial charge in [-0.1, -0.05) is 54.9 Å². The second kappa shape index (κ2) is 6.04. The second-order valence-electron chi connectivity index (χ2n) is 6.20. The van der Waals surface area contributed by atoms with Gasteiger partial charge >= 0.3 is 0 Å². The van der Waals surface area contributed by atoms with Crippen LogP contribution in [0.5, 0.6) is 0 Å². The maximum Gasteiger partial charge on any atom is 0.0880 e. The summed E-state index contributed by atoms with van der Waals surface area (Å²) >= 11 is 5.81. The normalized spacial score (nSPS) is 17.1. The molecular formula is C17H25NS. The zero-order valence-corrected chi connectivity index (χ0v) is 13.2. The molecule has 1 aliphatic heterocycles. The lowest BCUT2D eigenvalue weighted by Crippen LogP contribution is -2.42. The van der Waals surface area contributed by atoms with Crippen molar-refractivity contribution in [2.75, 3.05) is 13.1 Å². The Bertz CT molecular complexity index is 425. The number of nitrogens with zero attached hydrogens (tertiary/aromatic N) is 1. The highest BCUT2D eigenvalue weighted by molar-refractivity contribution is 7.80. The van der Waals surface area contributed by atoms with Crippen LogP contribution in [0.3, 0.4) is 0 Å². The molecular weight excluding hydrogens is 250 g/mol. The molecule has 2 rings (SSSR count). The molecule has 0 aliphatic carbocycles. The van der Waals surface area contributed by atoms with E-state index in [2.05, 4.69) is 49.9 Å². The molecule has 1 nitrogen and oxygen atoms in total. The highest BCUT2D eigenvalue weighted by Gasteiger charge is 2.30. The molecule has 104 valence electrons. The van der Waals surface area contributed by atoms with E-state index in [1.165, 1.54) is 36.8 Å². The zero-order chi connectivity index (χ0) is 13.9. The Morgan fingerprint density at radius 1 is 1.00 bits per heavy atom. The van der Waals surface area contributed by atoms with Gasteiger partial charge in [0.05, 0.1) is 4.99 Å². The quantitative estimate of drug-likeness (QED) is 0.732. The number of rotatable bonds is 2. The SMILES string of the molecule is Cc1ccc(C(C)(C)C(=S)N2CCCCCC2)cc1. The molecule has 0 bridgehead atoms. The fraction of sp³-hybridized carbons (Fsp3) is 0.588. The zero-order valence-electron chi connectivity index (χ0n) is 12.4. The number of hydrogen-bond donors (Lipinski definition) is 0. The molecule has 1 heterocycles. The Morgan fingerprint density at radius 3 is 2.05 bits per heavy atom. The molecule has 0 amide bonds. The van der Waals surface area contributed by atoms with Crippen LogP contribution in [0.25, 0.3) is 0 Å². The molecule has 0 spiro atoms. The lowest BCUT2D eigenvalue weighted by molar-refractivity contribution is 0.412. The first kappa shape index (κ1) is 14.5. The Hall–Kier alpha value is -0.890. The molecule has 1 fully saturated rings. The molecule has 0 N–H and O–H groups in total. The molecule has 1 aliphatic rings. The van der Waals surface area contributed by atoms with Gasteiger partial charge in [-0.2, -0.15) is 0 Å². The third-order valence-electron chi connectivity index (χ3n) is 4.20. The minimum absolute atomic E-state index is 0.0482. The number of benzene rings is 1. The van der Waals surface area contributed by atoms with Crippen molar-refractivity contribution in [1.82, 2.24) is 4.90 Å². The Balaban J connectivity index is 2.17. The van der Waals surface area contributed by atoms with Crippen molar-refractivity contribution in [1.29, 1.82) is 0 Å². The highest BCUT2D eigenvalue weighted by atomic mass is 32.1. The van der Waals surface area contributed by atoms with Crippen LogP contribution in [-0.2, 0) is 5.41 Å². The molecule has 0 aromatic heterocycles. The summed E-state index contributed by atoms with van der Waals surface area (Å²) in [6.45, 7) is 8.90. The first-order valence-corrected chi connectivity index (χ1v) is 7.79. The minimum atomic E-state index is -0.0482. The van der Waals surface area contributed by atoms with Gasteiger partial charge in [0, 0.05) is 18.5 Å². The van der Waals surface area contributed by atoms with Crippen LogP contribution in [0, 0.1) is 6.92 Å². The standard InChI is InChI=1S/C17H25NS/c1-14-8-10-15(11-9-14)17(2,3)16(19)18-12-6-4-5-7-13-18/h8-11H,4-7,12-13H2,1-3H3. The van der Waals surface area contributed by atoms with E-state index in [1.807, 2.05) is 0 Å². The molecule has 0 radical (unpaired) electrons. The van der Waals surface area contributed by atoms with Crippen LogP contribution in [-0.4, -0.2) is 23.0 Å². The van der Waals surface area contributed by atoms with Crippen LogP contribution < -0.4 is 0 Å². The van der Waals surface area contributed by atoms with Crippen molar-refractivity contribution in [2.45, 2.75) is 51.9 Å². The third kappa shape index (κ3) is 3.36. The fourth-order valence-corrected chi connectivity index (χ4v) is 3.06. The van der Waals surface area contributed by atoms with Gasteiger partial charge in [0.2, 0.25) is 0 Å². The predicted molar refractivity (Wildman–Crippen MR) is 86.8 cm³/mol. The highest BCUT2D eigenvalue weighted by Crippen LogP contribution is 2.28. The molecule has 1 saturated heterocycles. The number of aryl methyl sites for hydroxylation is 1. The smallest absolute Gasteiger partial charge is 0.0880 e. The molecule has 19 heavy (non-hydrogen) atoms. The Kier molecular flexibility index (Phi) is 4.62. The van der Waals surface area contributed by atoms with Crippen molar-refractivity contribution < 1.29 is 0 Å². The van der Waals surface area contributed by atoms with E-state index >= 15 is 0 Å². The summed E-state index contributed by atoms with van der Waals surface area (Å²) in [7, 11) is 0. The predicted octanol–water partition coefficient (Wildman–Crippen LogP) is 4.48. The average molecular weight is 275 g/mol. The Morgan fingerprint density at radius 2 is 1.53 bits per heavy atom. The summed E-state index contributed by atoms with van der Waals surface area (Å²) in [6, 6.07) is 8.81. The van der Waals surface area contributed by atoms with Crippen molar-refractivity contribution >= 4 is 17.2 Å². The lowest BCUT2D eigenvalue weighted by Gasteiger charge is -2.35. The summed E-state index contributed by atoms with van der Waals surface area (Å²) in [5.74, 6) is 0. The van der Waals surface area contributed by atoms with Crippen molar-refractivity contribution in [3.05, 3.63) is 35.4 Å². The molecule has 1 aromatic carbocycles. The summed E-state index contributed by atoms with van der Waals surface area (Å²) in [5.41, 5.74) is 2.58. The van der Waals surface area contributed by atoms with E-state index in [0.29, 0.717) is 0 Å². The topological polar surface area (TPSA) is 3.24 Å². The molecule has 0 atom stereocenters. The van der Waals surface area contributed by atoms with Crippen LogP contribution in [0.4, 0.5) is 0 Å². The van der Waals surface area contributed by atoms with Crippen molar-refractivity contribution in [3.63, 3.8) is 0 Å². The summed E-state index contributed by atoms with van der Waals surface area (Å²) < 4.78 is 0. The minimum Gasteiger partial charge on any atom is -0.365 e. The van der Waals surface area contributed by atoms with Crippen LogP contribution in [0.1, 0.15) is 50.7 Å². The van der Waals surface area contributed by atoms with Gasteiger partial charge in [-0.25, -0.2) is 0 Å². The van der Waals surface area contributed by atoms with Crippen LogP contribution >= 0.6 is 12.2 Å². The van der Waals surface area contributed by atoms with Gasteiger partial charge in [0.1, 0.15) is 0 Å². The fourth-order valence-electron chi connectivity index (χ4n) is 2.76. The largest absolute Gasteiger partial charge is 0.365 e. The third-order valence-corrected chi connectivity index (χ3v) is 4.97. The summed E-state index contributed by atoms with van der Waals surface area (Å²) in [6.07, 6.45) is 5.27. The van der Waals surface area contributed by atoms with Gasteiger partial charge in [0.25, 0.3) is 0 Å². The second-order valence-corrected chi connectivity index (χ2v) is 6.58. The molecule has 1 aromatic rings. The van der Waals surface area contributed by atoms with E-state index < -0.39 is 0 Å². The molecule has 0 saturated carbocycles. The van der Waals surface area contributed by atoms with Gasteiger partial charge in [0.15, 0.2) is 0 Å².